The quantitative estimate of drug-likeness (QED) is 0.749. The van der Waals surface area contributed by atoms with Gasteiger partial charge in [0.1, 0.15) is 0 Å². The lowest BCUT2D eigenvalue weighted by Gasteiger charge is -2.20. The number of para-hydroxylation sites is 1. The second-order valence-electron chi connectivity index (χ2n) is 4.03. The van der Waals surface area contributed by atoms with Crippen LogP contribution >= 0.6 is 43.5 Å². The number of hydrogen-bond donors (Lipinski definition) is 2. The third kappa shape index (κ3) is 3.72. The highest BCUT2D eigenvalue weighted by atomic mass is 79.9. The van der Waals surface area contributed by atoms with E-state index in [9.17, 15) is 5.11 Å². The van der Waals surface area contributed by atoms with Gasteiger partial charge < -0.3 is 10.4 Å². The predicted octanol–water partition coefficient (Wildman–Crippen LogP) is 5.01. The molecule has 2 nitrogen and oxygen atoms in total. The number of aliphatic hydroxyl groups excluding tert-OH is 1. The second kappa shape index (κ2) is 6.75. The summed E-state index contributed by atoms with van der Waals surface area (Å²) in [4.78, 5) is 0. The van der Waals surface area contributed by atoms with Crippen LogP contribution in [0.2, 0.25) is 5.02 Å². The smallest absolute Gasteiger partial charge is 0.0760 e. The molecule has 2 rings (SSSR count). The minimum Gasteiger partial charge on any atom is -0.394 e. The van der Waals surface area contributed by atoms with E-state index in [1.54, 1.807) is 0 Å². The van der Waals surface area contributed by atoms with E-state index in [4.69, 9.17) is 11.6 Å². The van der Waals surface area contributed by atoms with Gasteiger partial charge in [-0.3, -0.25) is 0 Å². The van der Waals surface area contributed by atoms with Crippen LogP contribution in [-0.4, -0.2) is 11.7 Å². The first-order valence-electron chi connectivity index (χ1n) is 5.68. The molecule has 2 aromatic carbocycles. The third-order valence-electron chi connectivity index (χ3n) is 2.72. The van der Waals surface area contributed by atoms with Gasteiger partial charge in [0.05, 0.1) is 12.6 Å². The van der Waals surface area contributed by atoms with Gasteiger partial charge in [-0.2, -0.15) is 0 Å². The summed E-state index contributed by atoms with van der Waals surface area (Å²) in [7, 11) is 0. The van der Waals surface area contributed by atoms with Crippen molar-refractivity contribution in [3.05, 3.63) is 62.0 Å². The number of aliphatic hydroxyl groups is 1. The third-order valence-corrected chi connectivity index (χ3v) is 4.25. The van der Waals surface area contributed by atoms with E-state index in [-0.39, 0.29) is 12.6 Å². The van der Waals surface area contributed by atoms with Crippen LogP contribution in [0.4, 0.5) is 5.69 Å². The Kier molecular flexibility index (Phi) is 5.28. The van der Waals surface area contributed by atoms with Crippen LogP contribution in [0.25, 0.3) is 0 Å². The number of rotatable bonds is 4. The zero-order chi connectivity index (χ0) is 13.8. The molecule has 0 heterocycles. The molecule has 0 spiro atoms. The van der Waals surface area contributed by atoms with Crippen LogP contribution < -0.4 is 5.32 Å². The number of benzene rings is 2. The van der Waals surface area contributed by atoms with E-state index in [2.05, 4.69) is 37.2 Å². The molecule has 0 fully saturated rings. The molecule has 2 aromatic rings. The predicted molar refractivity (Wildman–Crippen MR) is 86.7 cm³/mol. The molecule has 100 valence electrons. The number of hydrogen-bond acceptors (Lipinski definition) is 2. The molecule has 0 aliphatic heterocycles. The Bertz CT molecular complexity index is 577. The van der Waals surface area contributed by atoms with E-state index in [1.807, 2.05) is 42.5 Å². The van der Waals surface area contributed by atoms with Gasteiger partial charge in [0, 0.05) is 19.7 Å². The van der Waals surface area contributed by atoms with Gasteiger partial charge in [-0.05, 0) is 51.8 Å². The average molecular weight is 406 g/mol. The van der Waals surface area contributed by atoms with Gasteiger partial charge in [-0.15, -0.1) is 0 Å². The number of nitrogens with one attached hydrogen (secondary N) is 1. The average Bonchev–Trinajstić information content (AvgIpc) is 2.41. The van der Waals surface area contributed by atoms with Crippen LogP contribution in [0, 0.1) is 0 Å². The molecule has 0 bridgehead atoms. The van der Waals surface area contributed by atoms with Crippen molar-refractivity contribution in [3.63, 3.8) is 0 Å². The van der Waals surface area contributed by atoms with E-state index in [0.717, 1.165) is 20.2 Å². The summed E-state index contributed by atoms with van der Waals surface area (Å²) in [5.74, 6) is 0. The Labute approximate surface area is 134 Å². The van der Waals surface area contributed by atoms with Crippen molar-refractivity contribution in [1.82, 2.24) is 0 Å². The van der Waals surface area contributed by atoms with Gasteiger partial charge in [-0.1, -0.05) is 39.7 Å². The van der Waals surface area contributed by atoms with Crippen molar-refractivity contribution in [3.8, 4) is 0 Å². The Morgan fingerprint density at radius 2 is 1.89 bits per heavy atom. The molecule has 1 atom stereocenters. The Morgan fingerprint density at radius 3 is 2.58 bits per heavy atom. The van der Waals surface area contributed by atoms with Crippen LogP contribution in [-0.2, 0) is 0 Å². The molecular formula is C14H12Br2ClNO. The van der Waals surface area contributed by atoms with Gasteiger partial charge in [-0.25, -0.2) is 0 Å². The summed E-state index contributed by atoms with van der Waals surface area (Å²) < 4.78 is 1.87. The molecule has 0 saturated carbocycles. The molecule has 0 amide bonds. The summed E-state index contributed by atoms with van der Waals surface area (Å²) in [5.41, 5.74) is 1.77. The number of halogens is 3. The summed E-state index contributed by atoms with van der Waals surface area (Å²) in [6, 6.07) is 13.1. The van der Waals surface area contributed by atoms with Crippen LogP contribution in [0.5, 0.6) is 0 Å². The van der Waals surface area contributed by atoms with Gasteiger partial charge in [0.2, 0.25) is 0 Å². The highest BCUT2D eigenvalue weighted by Crippen LogP contribution is 2.31. The van der Waals surface area contributed by atoms with E-state index >= 15 is 0 Å². The van der Waals surface area contributed by atoms with Crippen molar-refractivity contribution in [2.24, 2.45) is 0 Å². The first kappa shape index (κ1) is 14.9. The van der Waals surface area contributed by atoms with E-state index in [0.29, 0.717) is 5.02 Å². The topological polar surface area (TPSA) is 32.3 Å². The highest BCUT2D eigenvalue weighted by molar-refractivity contribution is 9.10. The van der Waals surface area contributed by atoms with Crippen molar-refractivity contribution in [1.29, 1.82) is 0 Å². The minimum absolute atomic E-state index is 0.0441. The molecule has 0 saturated heterocycles. The molecule has 0 aliphatic carbocycles. The fourth-order valence-corrected chi connectivity index (χ4v) is 2.80. The SMILES string of the molecule is OCC(Nc1ccccc1Br)c1cc(Br)ccc1Cl. The molecule has 5 heteroatoms. The van der Waals surface area contributed by atoms with Crippen molar-refractivity contribution in [2.45, 2.75) is 6.04 Å². The van der Waals surface area contributed by atoms with Crippen LogP contribution in [0.1, 0.15) is 11.6 Å². The lowest BCUT2D eigenvalue weighted by atomic mass is 10.1. The minimum atomic E-state index is -0.260. The molecule has 0 aliphatic rings. The second-order valence-corrected chi connectivity index (χ2v) is 6.20. The Balaban J connectivity index is 2.30. The summed E-state index contributed by atoms with van der Waals surface area (Å²) in [6.45, 7) is -0.0441. The van der Waals surface area contributed by atoms with Crippen molar-refractivity contribution in [2.75, 3.05) is 11.9 Å². The maximum Gasteiger partial charge on any atom is 0.0760 e. The zero-order valence-corrected chi connectivity index (χ0v) is 13.8. The van der Waals surface area contributed by atoms with Gasteiger partial charge in [0.25, 0.3) is 0 Å². The Hall–Kier alpha value is -0.550. The normalized spacial score (nSPS) is 12.2. The molecule has 0 radical (unpaired) electrons. The fraction of sp³-hybridized carbons (Fsp3) is 0.143. The molecule has 1 unspecified atom stereocenters. The Morgan fingerprint density at radius 1 is 1.16 bits per heavy atom. The van der Waals surface area contributed by atoms with Crippen molar-refractivity contribution >= 4 is 49.1 Å². The van der Waals surface area contributed by atoms with Crippen molar-refractivity contribution < 1.29 is 5.11 Å². The van der Waals surface area contributed by atoms with Crippen LogP contribution in [0.3, 0.4) is 0 Å². The van der Waals surface area contributed by atoms with Gasteiger partial charge >= 0.3 is 0 Å². The first-order valence-corrected chi connectivity index (χ1v) is 7.65. The van der Waals surface area contributed by atoms with Gasteiger partial charge in [0.15, 0.2) is 0 Å². The summed E-state index contributed by atoms with van der Waals surface area (Å²) in [5, 5.41) is 13.5. The summed E-state index contributed by atoms with van der Waals surface area (Å²) in [6.07, 6.45) is 0. The standard InChI is InChI=1S/C14H12Br2ClNO/c15-9-5-6-12(17)10(7-9)14(8-19)18-13-4-2-1-3-11(13)16/h1-7,14,18-19H,8H2. The highest BCUT2D eigenvalue weighted by Gasteiger charge is 2.15. The van der Waals surface area contributed by atoms with E-state index < -0.39 is 0 Å². The maximum absolute atomic E-state index is 9.60. The monoisotopic (exact) mass is 403 g/mol. The first-order chi connectivity index (χ1) is 9.11. The fourth-order valence-electron chi connectivity index (χ4n) is 1.77. The molecule has 19 heavy (non-hydrogen) atoms. The zero-order valence-electron chi connectivity index (χ0n) is 9.91. The number of anilines is 1. The molecule has 0 aromatic heterocycles. The lowest BCUT2D eigenvalue weighted by Crippen LogP contribution is -2.15. The van der Waals surface area contributed by atoms with Crippen LogP contribution in [0.15, 0.2) is 51.4 Å². The maximum atomic E-state index is 9.60. The molecule has 2 N–H and O–H groups in total. The summed E-state index contributed by atoms with van der Waals surface area (Å²) >= 11 is 13.1. The molecular weight excluding hydrogens is 393 g/mol. The van der Waals surface area contributed by atoms with E-state index in [1.165, 1.54) is 0 Å². The lowest BCUT2D eigenvalue weighted by molar-refractivity contribution is 0.276. The largest absolute Gasteiger partial charge is 0.394 e.